The topological polar surface area (TPSA) is 3.24 Å². The van der Waals surface area contributed by atoms with Crippen molar-refractivity contribution in [3.63, 3.8) is 0 Å². The van der Waals surface area contributed by atoms with Crippen LogP contribution in [0.3, 0.4) is 0 Å². The fourth-order valence-corrected chi connectivity index (χ4v) is 4.25. The summed E-state index contributed by atoms with van der Waals surface area (Å²) < 4.78 is 26.0. The molecule has 0 spiro atoms. The molecule has 0 radical (unpaired) electrons. The Balaban J connectivity index is 1.60. The lowest BCUT2D eigenvalue weighted by Gasteiger charge is -2.45. The maximum absolute atomic E-state index is 13.0. The van der Waals surface area contributed by atoms with Crippen LogP contribution in [0.25, 0.3) is 5.57 Å². The van der Waals surface area contributed by atoms with Crippen LogP contribution in [0.1, 0.15) is 48.8 Å². The lowest BCUT2D eigenvalue weighted by Crippen LogP contribution is -2.47. The van der Waals surface area contributed by atoms with E-state index in [1.807, 2.05) is 6.07 Å². The molecule has 1 nitrogen and oxygen atoms in total. The molecule has 2 unspecified atom stereocenters. The first-order valence-corrected chi connectivity index (χ1v) is 9.09. The molecule has 2 aliphatic heterocycles. The molecule has 1 saturated heterocycles. The number of hydrogen-bond donors (Lipinski definition) is 0. The van der Waals surface area contributed by atoms with Crippen molar-refractivity contribution in [1.82, 2.24) is 4.90 Å². The number of rotatable bonds is 4. The quantitative estimate of drug-likeness (QED) is 0.677. The van der Waals surface area contributed by atoms with E-state index >= 15 is 0 Å². The SMILES string of the molecule is FC(F)c1cccc(C2=CC3CCCC(C2)N3Cc2ccccc2)c1. The zero-order valence-corrected chi connectivity index (χ0v) is 14.2. The Bertz CT molecular complexity index is 754. The molecule has 130 valence electrons. The Morgan fingerprint density at radius 1 is 1.00 bits per heavy atom. The third-order valence-corrected chi connectivity index (χ3v) is 5.50. The monoisotopic (exact) mass is 339 g/mol. The van der Waals surface area contributed by atoms with Crippen molar-refractivity contribution in [3.8, 4) is 0 Å². The Morgan fingerprint density at radius 2 is 1.84 bits per heavy atom. The van der Waals surface area contributed by atoms with E-state index in [0.717, 1.165) is 24.9 Å². The molecule has 0 N–H and O–H groups in total. The zero-order valence-electron chi connectivity index (χ0n) is 14.2. The molecule has 2 aromatic carbocycles. The van der Waals surface area contributed by atoms with Crippen molar-refractivity contribution in [3.05, 3.63) is 77.4 Å². The molecule has 2 aliphatic rings. The van der Waals surface area contributed by atoms with Crippen LogP contribution in [-0.4, -0.2) is 17.0 Å². The van der Waals surface area contributed by atoms with Crippen LogP contribution in [0, 0.1) is 0 Å². The maximum atomic E-state index is 13.0. The molecule has 2 atom stereocenters. The summed E-state index contributed by atoms with van der Waals surface area (Å²) in [6.07, 6.45) is 4.47. The number of hydrogen-bond acceptors (Lipinski definition) is 1. The molecular formula is C22H23F2N. The third-order valence-electron chi connectivity index (χ3n) is 5.50. The highest BCUT2D eigenvalue weighted by atomic mass is 19.3. The maximum Gasteiger partial charge on any atom is 0.263 e. The molecule has 4 rings (SSSR count). The van der Waals surface area contributed by atoms with Crippen molar-refractivity contribution >= 4 is 5.57 Å². The smallest absolute Gasteiger partial charge is 0.263 e. The largest absolute Gasteiger partial charge is 0.289 e. The summed E-state index contributed by atoms with van der Waals surface area (Å²) >= 11 is 0. The average Bonchev–Trinajstić information content (AvgIpc) is 2.62. The third kappa shape index (κ3) is 3.52. The Kier molecular flexibility index (Phi) is 4.67. The molecule has 0 amide bonds. The number of halogens is 2. The first-order valence-electron chi connectivity index (χ1n) is 9.09. The van der Waals surface area contributed by atoms with Crippen LogP contribution in [0.4, 0.5) is 8.78 Å². The second-order valence-electron chi connectivity index (χ2n) is 7.13. The highest BCUT2D eigenvalue weighted by Gasteiger charge is 2.34. The van der Waals surface area contributed by atoms with E-state index < -0.39 is 6.43 Å². The van der Waals surface area contributed by atoms with E-state index in [-0.39, 0.29) is 5.56 Å². The number of nitrogens with zero attached hydrogens (tertiary/aromatic N) is 1. The summed E-state index contributed by atoms with van der Waals surface area (Å²) in [6, 6.07) is 18.4. The van der Waals surface area contributed by atoms with Gasteiger partial charge in [-0.2, -0.15) is 0 Å². The summed E-state index contributed by atoms with van der Waals surface area (Å²) in [5.74, 6) is 0. The molecule has 3 heteroatoms. The summed E-state index contributed by atoms with van der Waals surface area (Å²) in [7, 11) is 0. The first kappa shape index (κ1) is 16.5. The molecular weight excluding hydrogens is 316 g/mol. The van der Waals surface area contributed by atoms with Crippen molar-refractivity contribution < 1.29 is 8.78 Å². The predicted octanol–water partition coefficient (Wildman–Crippen LogP) is 5.83. The Labute approximate surface area is 148 Å². The standard InChI is InChI=1S/C22H23F2N/c23-22(24)18-9-4-8-17(12-18)19-13-20-10-5-11-21(14-19)25(20)15-16-6-2-1-3-7-16/h1-4,6-9,12-13,20-22H,5,10-11,14-15H2. The van der Waals surface area contributed by atoms with Gasteiger partial charge in [0, 0.05) is 24.2 Å². The number of piperidine rings is 1. The van der Waals surface area contributed by atoms with Gasteiger partial charge in [0.05, 0.1) is 0 Å². The van der Waals surface area contributed by atoms with E-state index in [1.165, 1.54) is 30.0 Å². The molecule has 2 heterocycles. The van der Waals surface area contributed by atoms with Gasteiger partial charge >= 0.3 is 0 Å². The van der Waals surface area contributed by atoms with Gasteiger partial charge < -0.3 is 0 Å². The van der Waals surface area contributed by atoms with E-state index in [4.69, 9.17) is 0 Å². The van der Waals surface area contributed by atoms with Gasteiger partial charge in [0.25, 0.3) is 6.43 Å². The number of benzene rings is 2. The number of fused-ring (bicyclic) bond motifs is 2. The summed E-state index contributed by atoms with van der Waals surface area (Å²) in [5.41, 5.74) is 3.67. The van der Waals surface area contributed by atoms with Crippen molar-refractivity contribution in [1.29, 1.82) is 0 Å². The van der Waals surface area contributed by atoms with Crippen molar-refractivity contribution in [2.75, 3.05) is 0 Å². The van der Waals surface area contributed by atoms with Crippen molar-refractivity contribution in [2.24, 2.45) is 0 Å². The molecule has 0 aromatic heterocycles. The van der Waals surface area contributed by atoms with Gasteiger partial charge in [-0.25, -0.2) is 8.78 Å². The molecule has 2 aromatic rings. The minimum atomic E-state index is -2.40. The molecule has 25 heavy (non-hydrogen) atoms. The second-order valence-corrected chi connectivity index (χ2v) is 7.13. The van der Waals surface area contributed by atoms with Gasteiger partial charge in [-0.05, 0) is 42.0 Å². The van der Waals surface area contributed by atoms with E-state index in [0.29, 0.717) is 12.1 Å². The molecule has 0 aliphatic carbocycles. The highest BCUT2D eigenvalue weighted by molar-refractivity contribution is 5.68. The van der Waals surface area contributed by atoms with Gasteiger partial charge in [-0.3, -0.25) is 4.90 Å². The van der Waals surface area contributed by atoms with E-state index in [1.54, 1.807) is 12.1 Å². The predicted molar refractivity (Wildman–Crippen MR) is 97.4 cm³/mol. The lowest BCUT2D eigenvalue weighted by atomic mass is 9.82. The minimum absolute atomic E-state index is 0.121. The minimum Gasteiger partial charge on any atom is -0.289 e. The summed E-state index contributed by atoms with van der Waals surface area (Å²) in [5, 5.41) is 0. The van der Waals surface area contributed by atoms with Crippen LogP contribution in [0.15, 0.2) is 60.7 Å². The fourth-order valence-electron chi connectivity index (χ4n) is 4.25. The van der Waals surface area contributed by atoms with Crippen LogP contribution in [0.2, 0.25) is 0 Å². The van der Waals surface area contributed by atoms with Gasteiger partial charge in [0.15, 0.2) is 0 Å². The Hall–Kier alpha value is -2.00. The zero-order chi connectivity index (χ0) is 17.2. The van der Waals surface area contributed by atoms with Crippen molar-refractivity contribution in [2.45, 2.75) is 50.7 Å². The van der Waals surface area contributed by atoms with Gasteiger partial charge in [-0.1, -0.05) is 61.0 Å². The van der Waals surface area contributed by atoms with Crippen LogP contribution in [-0.2, 0) is 6.54 Å². The summed E-state index contributed by atoms with van der Waals surface area (Å²) in [4.78, 5) is 2.60. The Morgan fingerprint density at radius 3 is 2.60 bits per heavy atom. The van der Waals surface area contributed by atoms with Gasteiger partial charge in [-0.15, -0.1) is 0 Å². The molecule has 1 fully saturated rings. The van der Waals surface area contributed by atoms with E-state index in [9.17, 15) is 8.78 Å². The van der Waals surface area contributed by atoms with Gasteiger partial charge in [0.2, 0.25) is 0 Å². The van der Waals surface area contributed by atoms with Crippen LogP contribution < -0.4 is 0 Å². The average molecular weight is 339 g/mol. The highest BCUT2D eigenvalue weighted by Crippen LogP contribution is 2.38. The van der Waals surface area contributed by atoms with Crippen LogP contribution >= 0.6 is 0 Å². The molecule has 2 bridgehead atoms. The lowest BCUT2D eigenvalue weighted by molar-refractivity contribution is 0.0951. The fraction of sp³-hybridized carbons (Fsp3) is 0.364. The number of alkyl halides is 2. The second kappa shape index (κ2) is 7.09. The van der Waals surface area contributed by atoms with E-state index in [2.05, 4.69) is 41.3 Å². The van der Waals surface area contributed by atoms with Gasteiger partial charge in [0.1, 0.15) is 0 Å². The first-order chi connectivity index (χ1) is 12.2. The molecule has 0 saturated carbocycles. The van der Waals surface area contributed by atoms with Crippen LogP contribution in [0.5, 0.6) is 0 Å². The normalized spacial score (nSPS) is 23.6. The summed E-state index contributed by atoms with van der Waals surface area (Å²) in [6.45, 7) is 0.969.